The molecule has 0 saturated carbocycles. The van der Waals surface area contributed by atoms with Crippen LogP contribution in [0.5, 0.6) is 0 Å². The van der Waals surface area contributed by atoms with Gasteiger partial charge in [0.2, 0.25) is 5.91 Å². The van der Waals surface area contributed by atoms with Crippen LogP contribution in [0.25, 0.3) is 0 Å². The smallest absolute Gasteiger partial charge is 0.305 e. The second-order valence-electron chi connectivity index (χ2n) is 21.0. The van der Waals surface area contributed by atoms with E-state index in [0.717, 1.165) is 44.9 Å². The number of unbranched alkanes of at least 4 members (excludes halogenated alkanes) is 42. The van der Waals surface area contributed by atoms with E-state index in [-0.39, 0.29) is 18.5 Å². The van der Waals surface area contributed by atoms with Crippen LogP contribution in [-0.2, 0) is 14.3 Å². The van der Waals surface area contributed by atoms with Gasteiger partial charge in [-0.25, -0.2) is 0 Å². The zero-order chi connectivity index (χ0) is 49.3. The quantitative estimate of drug-likeness (QED) is 0.0321. The number of esters is 1. The zero-order valence-electron chi connectivity index (χ0n) is 45.9. The van der Waals surface area contributed by atoms with Crippen molar-refractivity contribution in [2.24, 2.45) is 0 Å². The topological polar surface area (TPSA) is 95.9 Å². The Morgan fingerprint density at radius 3 is 1.12 bits per heavy atom. The first-order valence-electron chi connectivity index (χ1n) is 30.6. The summed E-state index contributed by atoms with van der Waals surface area (Å²) >= 11 is 0. The molecule has 0 fully saturated rings. The van der Waals surface area contributed by atoms with Crippen molar-refractivity contribution in [1.82, 2.24) is 5.32 Å². The average Bonchev–Trinajstić information content (AvgIpc) is 3.34. The molecule has 0 spiro atoms. The Morgan fingerprint density at radius 2 is 0.735 bits per heavy atom. The van der Waals surface area contributed by atoms with Gasteiger partial charge in [-0.05, 0) is 57.8 Å². The molecule has 0 aliphatic rings. The minimum atomic E-state index is -0.662. The summed E-state index contributed by atoms with van der Waals surface area (Å²) in [7, 11) is 0. The number of rotatable bonds is 57. The SMILES string of the molecule is CCCCCCCCCCCCCCC(=O)OCCCCCCCCCCC/C=C\C/C=C\CCCCCCCCCCCCCCCC(=O)NC(CO)C(O)CCCCCCCCCCCC. The van der Waals surface area contributed by atoms with E-state index in [1.54, 1.807) is 0 Å². The summed E-state index contributed by atoms with van der Waals surface area (Å²) in [5.41, 5.74) is 0. The second kappa shape index (κ2) is 57.9. The Morgan fingerprint density at radius 1 is 0.412 bits per heavy atom. The summed E-state index contributed by atoms with van der Waals surface area (Å²) in [6.45, 7) is 4.95. The van der Waals surface area contributed by atoms with Gasteiger partial charge in [-0.2, -0.15) is 0 Å². The number of allylic oxidation sites excluding steroid dienone is 4. The van der Waals surface area contributed by atoms with Crippen LogP contribution >= 0.6 is 0 Å². The Hall–Kier alpha value is -1.66. The van der Waals surface area contributed by atoms with Gasteiger partial charge in [0.25, 0.3) is 0 Å². The van der Waals surface area contributed by atoms with E-state index in [2.05, 4.69) is 43.5 Å². The molecule has 6 nitrogen and oxygen atoms in total. The fourth-order valence-electron chi connectivity index (χ4n) is 9.55. The average molecular weight is 959 g/mol. The van der Waals surface area contributed by atoms with Crippen molar-refractivity contribution in [3.63, 3.8) is 0 Å². The highest BCUT2D eigenvalue weighted by atomic mass is 16.5. The summed E-state index contributed by atoms with van der Waals surface area (Å²) in [6, 6.07) is -0.540. The maximum atomic E-state index is 12.4. The molecule has 1 amide bonds. The minimum Gasteiger partial charge on any atom is -0.466 e. The van der Waals surface area contributed by atoms with Crippen molar-refractivity contribution in [1.29, 1.82) is 0 Å². The Labute approximate surface area is 424 Å². The lowest BCUT2D eigenvalue weighted by Crippen LogP contribution is -2.45. The molecule has 3 N–H and O–H groups in total. The number of nitrogens with one attached hydrogen (secondary N) is 1. The largest absolute Gasteiger partial charge is 0.466 e. The van der Waals surface area contributed by atoms with E-state index < -0.39 is 12.1 Å². The number of aliphatic hydroxyl groups excluding tert-OH is 2. The maximum Gasteiger partial charge on any atom is 0.305 e. The molecule has 0 saturated heterocycles. The monoisotopic (exact) mass is 958 g/mol. The van der Waals surface area contributed by atoms with Crippen LogP contribution in [-0.4, -0.2) is 47.4 Å². The predicted octanol–water partition coefficient (Wildman–Crippen LogP) is 19.0. The fraction of sp³-hybridized carbons (Fsp3) is 0.903. The van der Waals surface area contributed by atoms with Gasteiger partial charge in [0.1, 0.15) is 0 Å². The lowest BCUT2D eigenvalue weighted by atomic mass is 10.0. The number of carbonyl (C=O) groups is 2. The van der Waals surface area contributed by atoms with E-state index >= 15 is 0 Å². The molecule has 0 aromatic carbocycles. The number of aliphatic hydroxyl groups is 2. The number of hydrogen-bond donors (Lipinski definition) is 3. The van der Waals surface area contributed by atoms with Crippen molar-refractivity contribution < 1.29 is 24.5 Å². The first kappa shape index (κ1) is 66.3. The number of amides is 1. The van der Waals surface area contributed by atoms with Crippen LogP contribution in [0.1, 0.15) is 335 Å². The molecule has 2 unspecified atom stereocenters. The van der Waals surface area contributed by atoms with Gasteiger partial charge in [-0.15, -0.1) is 0 Å². The molecule has 402 valence electrons. The van der Waals surface area contributed by atoms with Crippen molar-refractivity contribution >= 4 is 11.9 Å². The molecule has 68 heavy (non-hydrogen) atoms. The van der Waals surface area contributed by atoms with Gasteiger partial charge in [0.05, 0.1) is 25.4 Å². The van der Waals surface area contributed by atoms with Gasteiger partial charge in [-0.3, -0.25) is 9.59 Å². The van der Waals surface area contributed by atoms with Gasteiger partial charge in [0.15, 0.2) is 0 Å². The summed E-state index contributed by atoms with van der Waals surface area (Å²) < 4.78 is 5.47. The van der Waals surface area contributed by atoms with E-state index in [9.17, 15) is 19.8 Å². The first-order valence-corrected chi connectivity index (χ1v) is 30.6. The molecular weight excluding hydrogens is 839 g/mol. The summed E-state index contributed by atoms with van der Waals surface area (Å²) in [6.07, 6.45) is 70.6. The molecule has 6 heteroatoms. The molecule has 0 aromatic rings. The predicted molar refractivity (Wildman–Crippen MR) is 296 cm³/mol. The summed E-state index contributed by atoms with van der Waals surface area (Å²) in [4.78, 5) is 24.4. The van der Waals surface area contributed by atoms with Crippen molar-refractivity contribution in [3.8, 4) is 0 Å². The van der Waals surface area contributed by atoms with E-state index in [4.69, 9.17) is 4.74 Å². The van der Waals surface area contributed by atoms with Gasteiger partial charge in [0, 0.05) is 12.8 Å². The highest BCUT2D eigenvalue weighted by Gasteiger charge is 2.20. The summed E-state index contributed by atoms with van der Waals surface area (Å²) in [5.74, 6) is -0.0239. The van der Waals surface area contributed by atoms with E-state index in [1.807, 2.05) is 0 Å². The molecule has 0 rings (SSSR count). The normalized spacial score (nSPS) is 12.7. The van der Waals surface area contributed by atoms with Crippen LogP contribution in [0.3, 0.4) is 0 Å². The van der Waals surface area contributed by atoms with Crippen molar-refractivity contribution in [3.05, 3.63) is 24.3 Å². The number of carbonyl (C=O) groups excluding carboxylic acids is 2. The van der Waals surface area contributed by atoms with E-state index in [0.29, 0.717) is 25.9 Å². The highest BCUT2D eigenvalue weighted by molar-refractivity contribution is 5.76. The van der Waals surface area contributed by atoms with Gasteiger partial charge >= 0.3 is 5.97 Å². The fourth-order valence-corrected chi connectivity index (χ4v) is 9.55. The van der Waals surface area contributed by atoms with Crippen LogP contribution in [0.2, 0.25) is 0 Å². The Bertz CT molecular complexity index is 1060. The third kappa shape index (κ3) is 53.7. The molecular formula is C62H119NO5. The number of hydrogen-bond acceptors (Lipinski definition) is 5. The maximum absolute atomic E-state index is 12.4. The van der Waals surface area contributed by atoms with E-state index in [1.165, 1.54) is 257 Å². The lowest BCUT2D eigenvalue weighted by molar-refractivity contribution is -0.143. The Kier molecular flexibility index (Phi) is 56.5. The first-order chi connectivity index (χ1) is 33.5. The van der Waals surface area contributed by atoms with Crippen LogP contribution < -0.4 is 5.32 Å². The van der Waals surface area contributed by atoms with Crippen molar-refractivity contribution in [2.75, 3.05) is 13.2 Å². The lowest BCUT2D eigenvalue weighted by Gasteiger charge is -2.22. The standard InChI is InChI=1S/C62H119NO5/c1-3-5-7-9-11-13-15-36-40-44-48-52-56-62(67)68-57-53-49-45-41-37-34-32-30-28-26-24-22-20-18-16-17-19-21-23-25-27-29-31-33-35-39-43-47-51-55-61(66)63-59(58-64)60(65)54-50-46-42-38-14-12-10-8-6-4-2/h16,18,22,24,59-60,64-65H,3-15,17,19-21,23,25-58H2,1-2H3,(H,63,66)/b18-16-,24-22-. The van der Waals surface area contributed by atoms with Gasteiger partial charge in [-0.1, -0.05) is 289 Å². The molecule has 0 aliphatic heterocycles. The minimum absolute atomic E-state index is 0.0128. The Balaban J connectivity index is 3.38. The molecule has 0 aliphatic carbocycles. The molecule has 2 atom stereocenters. The van der Waals surface area contributed by atoms with Crippen molar-refractivity contribution in [2.45, 2.75) is 347 Å². The zero-order valence-corrected chi connectivity index (χ0v) is 45.9. The van der Waals surface area contributed by atoms with Gasteiger partial charge < -0.3 is 20.3 Å². The molecule has 0 bridgehead atoms. The third-order valence-electron chi connectivity index (χ3n) is 14.3. The molecule has 0 heterocycles. The van der Waals surface area contributed by atoms with Crippen LogP contribution in [0, 0.1) is 0 Å². The number of ether oxygens (including phenoxy) is 1. The van der Waals surface area contributed by atoms with Crippen LogP contribution in [0.15, 0.2) is 24.3 Å². The molecule has 0 aromatic heterocycles. The highest BCUT2D eigenvalue weighted by Crippen LogP contribution is 2.17. The second-order valence-corrected chi connectivity index (χ2v) is 21.0. The third-order valence-corrected chi connectivity index (χ3v) is 14.3. The summed E-state index contributed by atoms with van der Waals surface area (Å²) in [5, 5.41) is 23.1. The molecule has 0 radical (unpaired) electrons. The van der Waals surface area contributed by atoms with Crippen LogP contribution in [0.4, 0.5) is 0 Å².